The first-order valence-corrected chi connectivity index (χ1v) is 9.92. The molecule has 0 fully saturated rings. The average Bonchev–Trinajstić information content (AvgIpc) is 3.21. The maximum absolute atomic E-state index is 10.1. The predicted octanol–water partition coefficient (Wildman–Crippen LogP) is 3.04. The van der Waals surface area contributed by atoms with Crippen molar-refractivity contribution >= 4 is 17.5 Å². The van der Waals surface area contributed by atoms with E-state index in [2.05, 4.69) is 10.2 Å². The van der Waals surface area contributed by atoms with Gasteiger partial charge in [-0.15, -0.1) is 10.2 Å². The van der Waals surface area contributed by atoms with Gasteiger partial charge >= 0.3 is 0 Å². The number of phenolic OH excluding ortho intramolecular Hbond substituents is 1. The molecule has 1 aliphatic rings. The van der Waals surface area contributed by atoms with Crippen LogP contribution in [0.5, 0.6) is 28.7 Å². The summed E-state index contributed by atoms with van der Waals surface area (Å²) >= 11 is 1.51. The Balaban J connectivity index is 1.79. The summed E-state index contributed by atoms with van der Waals surface area (Å²) in [6, 6.07) is 8.75. The number of methoxy groups -OCH3 is 4. The first kappa shape index (κ1) is 19.9. The van der Waals surface area contributed by atoms with Gasteiger partial charge in [-0.2, -0.15) is 9.78 Å². The summed E-state index contributed by atoms with van der Waals surface area (Å²) in [5.74, 6) is 3.14. The van der Waals surface area contributed by atoms with Gasteiger partial charge < -0.3 is 24.1 Å². The summed E-state index contributed by atoms with van der Waals surface area (Å²) in [4.78, 5) is 0. The van der Waals surface area contributed by atoms with Crippen LogP contribution in [-0.2, 0) is 0 Å². The van der Waals surface area contributed by atoms with Crippen LogP contribution in [0.3, 0.4) is 0 Å². The van der Waals surface area contributed by atoms with Crippen molar-refractivity contribution in [1.29, 1.82) is 0 Å². The van der Waals surface area contributed by atoms with E-state index in [0.717, 1.165) is 11.3 Å². The molecule has 156 valence electrons. The highest BCUT2D eigenvalue weighted by Crippen LogP contribution is 2.39. The maximum Gasteiger partial charge on any atom is 0.212 e. The van der Waals surface area contributed by atoms with Gasteiger partial charge in [-0.3, -0.25) is 0 Å². The summed E-state index contributed by atoms with van der Waals surface area (Å²) in [5, 5.41) is 24.0. The Morgan fingerprint density at radius 1 is 0.867 bits per heavy atom. The molecule has 2 heterocycles. The lowest BCUT2D eigenvalue weighted by Gasteiger charge is -2.17. The number of fused-ring (bicyclic) bond motifs is 1. The average molecular weight is 428 g/mol. The Morgan fingerprint density at radius 2 is 1.57 bits per heavy atom. The van der Waals surface area contributed by atoms with E-state index in [9.17, 15) is 5.11 Å². The molecule has 0 spiro atoms. The number of phenols is 1. The van der Waals surface area contributed by atoms with Crippen LogP contribution < -0.4 is 18.9 Å². The lowest BCUT2D eigenvalue weighted by atomic mass is 10.1. The summed E-state index contributed by atoms with van der Waals surface area (Å²) in [5.41, 5.74) is 2.30. The van der Waals surface area contributed by atoms with Gasteiger partial charge in [-0.05, 0) is 30.3 Å². The highest BCUT2D eigenvalue weighted by Gasteiger charge is 2.23. The van der Waals surface area contributed by atoms with Crippen molar-refractivity contribution in [2.75, 3.05) is 34.2 Å². The quantitative estimate of drug-likeness (QED) is 0.639. The number of aromatic nitrogens is 3. The number of benzene rings is 2. The van der Waals surface area contributed by atoms with Gasteiger partial charge in [0.05, 0.1) is 34.2 Å². The molecular formula is C20H20N4O5S. The number of nitrogens with zero attached hydrogens (tertiary/aromatic N) is 4. The molecule has 1 N–H and O–H groups in total. The molecule has 4 rings (SSSR count). The molecule has 1 aliphatic heterocycles. The number of rotatable bonds is 6. The molecule has 0 bridgehead atoms. The summed E-state index contributed by atoms with van der Waals surface area (Å²) in [7, 11) is 6.21. The van der Waals surface area contributed by atoms with Crippen LogP contribution in [0.15, 0.2) is 40.6 Å². The Morgan fingerprint density at radius 3 is 2.17 bits per heavy atom. The van der Waals surface area contributed by atoms with E-state index in [1.54, 1.807) is 44.2 Å². The second kappa shape index (κ2) is 8.15. The van der Waals surface area contributed by atoms with E-state index in [1.165, 1.54) is 18.9 Å². The third-order valence-corrected chi connectivity index (χ3v) is 5.54. The molecule has 3 aromatic rings. The summed E-state index contributed by atoms with van der Waals surface area (Å²) in [6.07, 6.45) is 0. The normalized spacial score (nSPS) is 12.7. The fourth-order valence-corrected chi connectivity index (χ4v) is 3.96. The Labute approximate surface area is 177 Å². The number of hydrogen-bond acceptors (Lipinski definition) is 9. The third-order valence-electron chi connectivity index (χ3n) is 4.61. The molecule has 10 heteroatoms. The SMILES string of the molecule is COc1ccc(-c2nnc3n2N=C(c2cc(OC)c(OC)c(OC)c2)CS3)cc1O. The van der Waals surface area contributed by atoms with Crippen molar-refractivity contribution < 1.29 is 24.1 Å². The zero-order chi connectivity index (χ0) is 21.3. The van der Waals surface area contributed by atoms with Gasteiger partial charge in [-0.25, -0.2) is 0 Å². The van der Waals surface area contributed by atoms with Crippen LogP contribution in [0.2, 0.25) is 0 Å². The van der Waals surface area contributed by atoms with Crippen LogP contribution in [0.1, 0.15) is 5.56 Å². The van der Waals surface area contributed by atoms with E-state index < -0.39 is 0 Å². The van der Waals surface area contributed by atoms with Crippen LogP contribution >= 0.6 is 11.8 Å². The number of ether oxygens (including phenoxy) is 4. The van der Waals surface area contributed by atoms with E-state index in [-0.39, 0.29) is 5.75 Å². The minimum absolute atomic E-state index is 0.0182. The first-order valence-electron chi connectivity index (χ1n) is 8.93. The molecule has 2 aromatic carbocycles. The van der Waals surface area contributed by atoms with Gasteiger partial charge in [0.1, 0.15) is 0 Å². The highest BCUT2D eigenvalue weighted by molar-refractivity contribution is 7.99. The first-order chi connectivity index (χ1) is 14.6. The molecule has 0 saturated heterocycles. The van der Waals surface area contributed by atoms with Crippen molar-refractivity contribution in [2.45, 2.75) is 5.16 Å². The zero-order valence-electron chi connectivity index (χ0n) is 16.9. The fraction of sp³-hybridized carbons (Fsp3) is 0.250. The van der Waals surface area contributed by atoms with Crippen LogP contribution in [-0.4, -0.2) is 59.9 Å². The predicted molar refractivity (Wildman–Crippen MR) is 112 cm³/mol. The minimum atomic E-state index is 0.0182. The molecule has 1 aromatic heterocycles. The smallest absolute Gasteiger partial charge is 0.212 e. The van der Waals surface area contributed by atoms with Gasteiger partial charge in [-0.1, -0.05) is 11.8 Å². The second-order valence-corrected chi connectivity index (χ2v) is 7.20. The second-order valence-electron chi connectivity index (χ2n) is 6.25. The van der Waals surface area contributed by atoms with E-state index >= 15 is 0 Å². The lowest BCUT2D eigenvalue weighted by Crippen LogP contribution is -2.14. The summed E-state index contributed by atoms with van der Waals surface area (Å²) < 4.78 is 23.1. The number of aromatic hydroxyl groups is 1. The fourth-order valence-electron chi connectivity index (χ4n) is 3.13. The summed E-state index contributed by atoms with van der Waals surface area (Å²) in [6.45, 7) is 0. The van der Waals surface area contributed by atoms with Gasteiger partial charge in [0, 0.05) is 16.9 Å². The van der Waals surface area contributed by atoms with Crippen LogP contribution in [0.4, 0.5) is 0 Å². The minimum Gasteiger partial charge on any atom is -0.504 e. The monoisotopic (exact) mass is 428 g/mol. The number of hydrogen-bond donors (Lipinski definition) is 1. The zero-order valence-corrected chi connectivity index (χ0v) is 17.7. The molecule has 0 amide bonds. The van der Waals surface area contributed by atoms with Crippen LogP contribution in [0.25, 0.3) is 11.4 Å². The molecule has 0 atom stereocenters. The Kier molecular flexibility index (Phi) is 5.40. The number of thioether (sulfide) groups is 1. The lowest BCUT2D eigenvalue weighted by molar-refractivity contribution is 0.324. The molecule has 0 saturated carbocycles. The van der Waals surface area contributed by atoms with Crippen molar-refractivity contribution in [3.8, 4) is 40.1 Å². The molecule has 30 heavy (non-hydrogen) atoms. The van der Waals surface area contributed by atoms with Crippen molar-refractivity contribution in [2.24, 2.45) is 5.10 Å². The van der Waals surface area contributed by atoms with Gasteiger partial charge in [0.25, 0.3) is 0 Å². The van der Waals surface area contributed by atoms with Crippen molar-refractivity contribution in [3.63, 3.8) is 0 Å². The van der Waals surface area contributed by atoms with E-state index in [0.29, 0.717) is 45.3 Å². The topological polar surface area (TPSA) is 100 Å². The Bertz CT molecular complexity index is 1100. The van der Waals surface area contributed by atoms with E-state index in [1.807, 2.05) is 12.1 Å². The molecule has 0 radical (unpaired) electrons. The van der Waals surface area contributed by atoms with Gasteiger partial charge in [0.15, 0.2) is 28.8 Å². The standard InChI is InChI=1S/C20H20N4O5S/c1-26-15-6-5-11(7-14(15)25)19-21-22-20-24(19)23-13(10-30-20)12-8-16(27-2)18(29-4)17(9-12)28-3/h5-9,25H,10H2,1-4H3. The molecule has 9 nitrogen and oxygen atoms in total. The highest BCUT2D eigenvalue weighted by atomic mass is 32.2. The third kappa shape index (κ3) is 3.39. The van der Waals surface area contributed by atoms with E-state index in [4.69, 9.17) is 24.0 Å². The maximum atomic E-state index is 10.1. The van der Waals surface area contributed by atoms with Gasteiger partial charge in [0.2, 0.25) is 10.9 Å². The molecule has 0 unspecified atom stereocenters. The Hall–Kier alpha value is -3.40. The van der Waals surface area contributed by atoms with Crippen molar-refractivity contribution in [3.05, 3.63) is 35.9 Å². The van der Waals surface area contributed by atoms with Crippen LogP contribution in [0, 0.1) is 0 Å². The van der Waals surface area contributed by atoms with Crippen molar-refractivity contribution in [1.82, 2.24) is 14.9 Å². The molecular weight excluding hydrogens is 408 g/mol. The molecule has 0 aliphatic carbocycles. The largest absolute Gasteiger partial charge is 0.504 e.